The molecular formula is C29H35N5O2. The monoisotopic (exact) mass is 485 g/mol. The maximum absolute atomic E-state index is 13.0. The number of fused-ring (bicyclic) bond motifs is 1. The van der Waals surface area contributed by atoms with Crippen LogP contribution in [-0.2, 0) is 0 Å². The van der Waals surface area contributed by atoms with Gasteiger partial charge in [0.25, 0.3) is 5.91 Å². The largest absolute Gasteiger partial charge is 0.491 e. The number of amides is 1. The SMILES string of the molecule is CC[C@H](C)Oc1cccc(C(=O)Nc2cc3nn(-c4ccc(N(CC)CC)cc4C)nc3cc2C)c1. The highest BCUT2D eigenvalue weighted by Gasteiger charge is 2.14. The first-order valence-corrected chi connectivity index (χ1v) is 12.6. The van der Waals surface area contributed by atoms with Gasteiger partial charge in [-0.15, -0.1) is 10.2 Å². The van der Waals surface area contributed by atoms with Crippen LogP contribution in [0.1, 0.15) is 55.6 Å². The third kappa shape index (κ3) is 5.35. The number of rotatable bonds is 9. The van der Waals surface area contributed by atoms with Crippen molar-refractivity contribution in [3.63, 3.8) is 0 Å². The molecule has 1 heterocycles. The van der Waals surface area contributed by atoms with Gasteiger partial charge in [-0.1, -0.05) is 13.0 Å². The Morgan fingerprint density at radius 1 is 0.972 bits per heavy atom. The van der Waals surface area contributed by atoms with E-state index in [2.05, 4.69) is 56.1 Å². The average Bonchev–Trinajstić information content (AvgIpc) is 3.27. The second kappa shape index (κ2) is 10.8. The minimum atomic E-state index is -0.192. The Labute approximate surface area is 213 Å². The summed E-state index contributed by atoms with van der Waals surface area (Å²) in [5, 5.41) is 12.5. The fraction of sp³-hybridized carbons (Fsp3) is 0.345. The van der Waals surface area contributed by atoms with Crippen molar-refractivity contribution in [2.45, 2.75) is 54.1 Å². The lowest BCUT2D eigenvalue weighted by molar-refractivity contribution is 0.102. The van der Waals surface area contributed by atoms with Crippen molar-refractivity contribution in [3.8, 4) is 11.4 Å². The number of hydrogen-bond donors (Lipinski definition) is 1. The van der Waals surface area contributed by atoms with Crippen molar-refractivity contribution in [3.05, 3.63) is 71.3 Å². The number of hydrogen-bond acceptors (Lipinski definition) is 5. The maximum atomic E-state index is 13.0. The van der Waals surface area contributed by atoms with Gasteiger partial charge in [0.15, 0.2) is 0 Å². The molecule has 7 heteroatoms. The van der Waals surface area contributed by atoms with Gasteiger partial charge in [0.2, 0.25) is 0 Å². The standard InChI is InChI=1S/C29H35N5O2/c1-7-21(6)36-24-12-10-11-22(17-24)29(35)30-25-18-27-26(16-19(25)4)31-34(32-27)28-14-13-23(15-20(28)5)33(8-2)9-3/h10-18,21H,7-9H2,1-6H3,(H,30,35)/t21-/m0/s1. The van der Waals surface area contributed by atoms with Crippen LogP contribution in [0.25, 0.3) is 16.7 Å². The van der Waals surface area contributed by atoms with Crippen LogP contribution in [0.2, 0.25) is 0 Å². The molecule has 0 aliphatic rings. The number of aryl methyl sites for hydroxylation is 2. The molecule has 1 amide bonds. The Balaban J connectivity index is 1.58. The Morgan fingerprint density at radius 2 is 1.69 bits per heavy atom. The molecule has 0 bridgehead atoms. The second-order valence-corrected chi connectivity index (χ2v) is 9.11. The van der Waals surface area contributed by atoms with E-state index in [-0.39, 0.29) is 12.0 Å². The highest BCUT2D eigenvalue weighted by molar-refractivity contribution is 6.05. The number of nitrogens with one attached hydrogen (secondary N) is 1. The van der Waals surface area contributed by atoms with Crippen molar-refractivity contribution >= 4 is 28.3 Å². The predicted molar refractivity (Wildman–Crippen MR) is 147 cm³/mol. The van der Waals surface area contributed by atoms with Gasteiger partial charge >= 0.3 is 0 Å². The first kappa shape index (κ1) is 25.2. The zero-order valence-corrected chi connectivity index (χ0v) is 22.0. The molecule has 0 fully saturated rings. The molecule has 0 aliphatic heterocycles. The first-order valence-electron chi connectivity index (χ1n) is 12.6. The minimum absolute atomic E-state index is 0.0904. The van der Waals surface area contributed by atoms with Crippen LogP contribution in [0.4, 0.5) is 11.4 Å². The summed E-state index contributed by atoms with van der Waals surface area (Å²) in [6.07, 6.45) is 0.989. The Hall–Kier alpha value is -3.87. The van der Waals surface area contributed by atoms with Gasteiger partial charge in [-0.2, -0.15) is 4.80 Å². The topological polar surface area (TPSA) is 72.3 Å². The lowest BCUT2D eigenvalue weighted by Crippen LogP contribution is -2.21. The third-order valence-electron chi connectivity index (χ3n) is 6.51. The zero-order chi connectivity index (χ0) is 25.8. The Kier molecular flexibility index (Phi) is 7.58. The number of carbonyl (C=O) groups is 1. The molecular weight excluding hydrogens is 450 g/mol. The van der Waals surface area contributed by atoms with Gasteiger partial charge in [0, 0.05) is 30.0 Å². The smallest absolute Gasteiger partial charge is 0.255 e. The van der Waals surface area contributed by atoms with E-state index in [0.717, 1.165) is 47.4 Å². The Bertz CT molecular complexity index is 1370. The number of nitrogens with zero attached hydrogens (tertiary/aromatic N) is 4. The van der Waals surface area contributed by atoms with E-state index in [1.54, 1.807) is 16.9 Å². The summed E-state index contributed by atoms with van der Waals surface area (Å²) in [4.78, 5) is 17.0. The van der Waals surface area contributed by atoms with E-state index < -0.39 is 0 Å². The molecule has 0 saturated carbocycles. The molecule has 4 aromatic rings. The quantitative estimate of drug-likeness (QED) is 0.301. The normalized spacial score (nSPS) is 11.9. The average molecular weight is 486 g/mol. The summed E-state index contributed by atoms with van der Waals surface area (Å²) >= 11 is 0. The summed E-state index contributed by atoms with van der Waals surface area (Å²) in [6, 6.07) is 17.4. The van der Waals surface area contributed by atoms with Crippen molar-refractivity contribution < 1.29 is 9.53 Å². The fourth-order valence-corrected chi connectivity index (χ4v) is 4.18. The molecule has 4 rings (SSSR count). The third-order valence-corrected chi connectivity index (χ3v) is 6.51. The molecule has 1 aromatic heterocycles. The lowest BCUT2D eigenvalue weighted by atomic mass is 10.1. The van der Waals surface area contributed by atoms with Gasteiger partial charge in [-0.25, -0.2) is 0 Å². The number of benzene rings is 3. The zero-order valence-electron chi connectivity index (χ0n) is 22.0. The summed E-state index contributed by atoms with van der Waals surface area (Å²) in [7, 11) is 0. The molecule has 0 aliphatic carbocycles. The lowest BCUT2D eigenvalue weighted by Gasteiger charge is -2.22. The first-order chi connectivity index (χ1) is 17.3. The van der Waals surface area contributed by atoms with Gasteiger partial charge in [-0.3, -0.25) is 4.79 Å². The van der Waals surface area contributed by atoms with Crippen molar-refractivity contribution in [1.29, 1.82) is 0 Å². The summed E-state index contributed by atoms with van der Waals surface area (Å²) < 4.78 is 5.87. The minimum Gasteiger partial charge on any atom is -0.491 e. The molecule has 0 spiro atoms. The van der Waals surface area contributed by atoms with Crippen molar-refractivity contribution in [2.75, 3.05) is 23.3 Å². The van der Waals surface area contributed by atoms with Gasteiger partial charge in [0.1, 0.15) is 16.8 Å². The number of anilines is 2. The molecule has 0 radical (unpaired) electrons. The fourth-order valence-electron chi connectivity index (χ4n) is 4.18. The van der Waals surface area contributed by atoms with Crippen LogP contribution in [-0.4, -0.2) is 40.1 Å². The molecule has 1 atom stereocenters. The van der Waals surface area contributed by atoms with Crippen LogP contribution in [0, 0.1) is 13.8 Å². The molecule has 0 unspecified atom stereocenters. The number of aromatic nitrogens is 3. The van der Waals surface area contributed by atoms with Crippen LogP contribution in [0.5, 0.6) is 5.75 Å². The van der Waals surface area contributed by atoms with E-state index in [1.807, 2.05) is 38.1 Å². The van der Waals surface area contributed by atoms with E-state index >= 15 is 0 Å². The molecule has 0 saturated heterocycles. The second-order valence-electron chi connectivity index (χ2n) is 9.11. The van der Waals surface area contributed by atoms with Gasteiger partial charge < -0.3 is 15.0 Å². The van der Waals surface area contributed by atoms with E-state index in [0.29, 0.717) is 17.0 Å². The van der Waals surface area contributed by atoms with Crippen LogP contribution in [0.15, 0.2) is 54.6 Å². The van der Waals surface area contributed by atoms with Gasteiger partial charge in [-0.05, 0) is 101 Å². The Morgan fingerprint density at radius 3 is 2.36 bits per heavy atom. The molecule has 36 heavy (non-hydrogen) atoms. The molecule has 1 N–H and O–H groups in total. The van der Waals surface area contributed by atoms with E-state index in [9.17, 15) is 4.79 Å². The maximum Gasteiger partial charge on any atom is 0.255 e. The molecule has 7 nitrogen and oxygen atoms in total. The number of ether oxygens (including phenoxy) is 1. The van der Waals surface area contributed by atoms with Crippen LogP contribution >= 0.6 is 0 Å². The molecule has 188 valence electrons. The van der Waals surface area contributed by atoms with Crippen molar-refractivity contribution in [1.82, 2.24) is 15.0 Å². The van der Waals surface area contributed by atoms with Crippen LogP contribution < -0.4 is 15.0 Å². The highest BCUT2D eigenvalue weighted by Crippen LogP contribution is 2.26. The summed E-state index contributed by atoms with van der Waals surface area (Å²) in [5.41, 5.74) is 6.90. The van der Waals surface area contributed by atoms with E-state index in [1.165, 1.54) is 5.69 Å². The van der Waals surface area contributed by atoms with Crippen LogP contribution in [0.3, 0.4) is 0 Å². The summed E-state index contributed by atoms with van der Waals surface area (Å²) in [6.45, 7) is 14.4. The predicted octanol–water partition coefficient (Wildman–Crippen LogP) is 6.31. The van der Waals surface area contributed by atoms with Gasteiger partial charge in [0.05, 0.1) is 11.8 Å². The summed E-state index contributed by atoms with van der Waals surface area (Å²) in [5.74, 6) is 0.497. The van der Waals surface area contributed by atoms with Crippen molar-refractivity contribution in [2.24, 2.45) is 0 Å². The highest BCUT2D eigenvalue weighted by atomic mass is 16.5. The molecule has 3 aromatic carbocycles. The van der Waals surface area contributed by atoms with E-state index in [4.69, 9.17) is 14.9 Å². The number of carbonyl (C=O) groups excluding carboxylic acids is 1.